The third kappa shape index (κ3) is 2.41. The Labute approximate surface area is 97.2 Å². The molecule has 1 saturated heterocycles. The van der Waals surface area contributed by atoms with Gasteiger partial charge in [-0.25, -0.2) is 4.98 Å². The first-order valence-corrected chi connectivity index (χ1v) is 6.83. The van der Waals surface area contributed by atoms with E-state index in [2.05, 4.69) is 4.98 Å². The summed E-state index contributed by atoms with van der Waals surface area (Å²) < 4.78 is 5.63. The molecule has 82 valence electrons. The molecule has 0 aromatic carbocycles. The van der Waals surface area contributed by atoms with Crippen LogP contribution < -0.4 is 0 Å². The SMILES string of the molecule is CC(=O)c1sc(C2CSCCO2)nc1C. The van der Waals surface area contributed by atoms with Crippen LogP contribution in [-0.2, 0) is 4.74 Å². The Morgan fingerprint density at radius 1 is 1.60 bits per heavy atom. The molecule has 15 heavy (non-hydrogen) atoms. The molecule has 0 spiro atoms. The van der Waals surface area contributed by atoms with E-state index in [9.17, 15) is 4.79 Å². The van der Waals surface area contributed by atoms with Gasteiger partial charge in [-0.3, -0.25) is 4.79 Å². The van der Waals surface area contributed by atoms with Gasteiger partial charge >= 0.3 is 0 Å². The zero-order valence-corrected chi connectivity index (χ0v) is 10.4. The number of thioether (sulfide) groups is 1. The minimum absolute atomic E-state index is 0.0838. The minimum Gasteiger partial charge on any atom is -0.369 e. The molecule has 2 rings (SSSR count). The second-order valence-corrected chi connectivity index (χ2v) is 5.64. The van der Waals surface area contributed by atoms with Gasteiger partial charge in [-0.15, -0.1) is 11.3 Å². The highest BCUT2D eigenvalue weighted by Crippen LogP contribution is 2.31. The molecule has 0 bridgehead atoms. The molecule has 1 aromatic heterocycles. The molecule has 1 aliphatic heterocycles. The molecule has 0 radical (unpaired) electrons. The van der Waals surface area contributed by atoms with E-state index in [0.717, 1.165) is 33.7 Å². The lowest BCUT2D eigenvalue weighted by atomic mass is 10.3. The van der Waals surface area contributed by atoms with Crippen molar-refractivity contribution in [1.82, 2.24) is 4.98 Å². The van der Waals surface area contributed by atoms with Gasteiger partial charge in [0.2, 0.25) is 0 Å². The van der Waals surface area contributed by atoms with Crippen molar-refractivity contribution < 1.29 is 9.53 Å². The van der Waals surface area contributed by atoms with E-state index in [-0.39, 0.29) is 11.9 Å². The van der Waals surface area contributed by atoms with Crippen LogP contribution in [0.5, 0.6) is 0 Å². The Balaban J connectivity index is 2.21. The lowest BCUT2D eigenvalue weighted by Gasteiger charge is -2.19. The lowest BCUT2D eigenvalue weighted by Crippen LogP contribution is -2.15. The fourth-order valence-electron chi connectivity index (χ4n) is 1.51. The number of ether oxygens (including phenoxy) is 1. The van der Waals surface area contributed by atoms with Crippen molar-refractivity contribution in [1.29, 1.82) is 0 Å². The lowest BCUT2D eigenvalue weighted by molar-refractivity contribution is 0.0754. The normalized spacial score (nSPS) is 21.6. The molecule has 0 aliphatic carbocycles. The van der Waals surface area contributed by atoms with E-state index < -0.39 is 0 Å². The van der Waals surface area contributed by atoms with Crippen LogP contribution in [0.2, 0.25) is 0 Å². The number of Topliss-reactive ketones (excluding diaryl/α,β-unsaturated/α-hetero) is 1. The van der Waals surface area contributed by atoms with Crippen LogP contribution in [-0.4, -0.2) is 28.9 Å². The van der Waals surface area contributed by atoms with Crippen LogP contribution >= 0.6 is 23.1 Å². The number of thiazole rings is 1. The van der Waals surface area contributed by atoms with Crippen LogP contribution in [0.1, 0.15) is 33.4 Å². The molecule has 0 saturated carbocycles. The minimum atomic E-state index is 0.0838. The van der Waals surface area contributed by atoms with Crippen LogP contribution in [0, 0.1) is 6.92 Å². The van der Waals surface area contributed by atoms with Crippen molar-refractivity contribution in [3.63, 3.8) is 0 Å². The Kier molecular flexibility index (Phi) is 3.43. The first kappa shape index (κ1) is 11.1. The summed E-state index contributed by atoms with van der Waals surface area (Å²) in [6.45, 7) is 4.25. The fourth-order valence-corrected chi connectivity index (χ4v) is 3.48. The zero-order chi connectivity index (χ0) is 10.8. The fraction of sp³-hybridized carbons (Fsp3) is 0.600. The van der Waals surface area contributed by atoms with E-state index in [1.54, 1.807) is 6.92 Å². The van der Waals surface area contributed by atoms with Crippen molar-refractivity contribution in [2.45, 2.75) is 20.0 Å². The molecule has 1 aliphatic rings. The third-order valence-corrected chi connectivity index (χ3v) is 4.57. The smallest absolute Gasteiger partial charge is 0.171 e. The third-order valence-electron chi connectivity index (χ3n) is 2.22. The second kappa shape index (κ2) is 4.63. The summed E-state index contributed by atoms with van der Waals surface area (Å²) in [5, 5.41) is 0.949. The van der Waals surface area contributed by atoms with Gasteiger partial charge in [0.25, 0.3) is 0 Å². The largest absolute Gasteiger partial charge is 0.369 e. The molecule has 1 fully saturated rings. The molecule has 5 heteroatoms. The van der Waals surface area contributed by atoms with Gasteiger partial charge in [0, 0.05) is 18.4 Å². The summed E-state index contributed by atoms with van der Waals surface area (Å²) in [4.78, 5) is 16.5. The number of aromatic nitrogens is 1. The van der Waals surface area contributed by atoms with E-state index in [0.29, 0.717) is 0 Å². The summed E-state index contributed by atoms with van der Waals surface area (Å²) in [5.74, 6) is 2.10. The van der Waals surface area contributed by atoms with E-state index >= 15 is 0 Å². The van der Waals surface area contributed by atoms with Crippen molar-refractivity contribution in [2.24, 2.45) is 0 Å². The molecule has 3 nitrogen and oxygen atoms in total. The van der Waals surface area contributed by atoms with Gasteiger partial charge in [-0.1, -0.05) is 0 Å². The predicted molar refractivity (Wildman–Crippen MR) is 62.9 cm³/mol. The van der Waals surface area contributed by atoms with Gasteiger partial charge in [0.05, 0.1) is 17.2 Å². The van der Waals surface area contributed by atoms with E-state index in [4.69, 9.17) is 4.74 Å². The van der Waals surface area contributed by atoms with Crippen molar-refractivity contribution in [3.05, 3.63) is 15.6 Å². The Hall–Kier alpha value is -0.390. The number of carbonyl (C=O) groups is 1. The first-order valence-electron chi connectivity index (χ1n) is 4.86. The predicted octanol–water partition coefficient (Wildman–Crippen LogP) is 2.46. The molecule has 1 atom stereocenters. The summed E-state index contributed by atoms with van der Waals surface area (Å²) in [6, 6.07) is 0. The number of carbonyl (C=O) groups excluding carboxylic acids is 1. The van der Waals surface area contributed by atoms with Crippen molar-refractivity contribution in [3.8, 4) is 0 Å². The average Bonchev–Trinajstić information content (AvgIpc) is 2.62. The Morgan fingerprint density at radius 3 is 2.93 bits per heavy atom. The quantitative estimate of drug-likeness (QED) is 0.748. The van der Waals surface area contributed by atoms with Gasteiger partial charge < -0.3 is 4.74 Å². The maximum Gasteiger partial charge on any atom is 0.171 e. The second-order valence-electron chi connectivity index (χ2n) is 3.46. The number of ketones is 1. The van der Waals surface area contributed by atoms with Gasteiger partial charge in [-0.2, -0.15) is 11.8 Å². The average molecular weight is 243 g/mol. The highest BCUT2D eigenvalue weighted by atomic mass is 32.2. The monoisotopic (exact) mass is 243 g/mol. The van der Waals surface area contributed by atoms with Crippen LogP contribution in [0.25, 0.3) is 0 Å². The van der Waals surface area contributed by atoms with Crippen molar-refractivity contribution in [2.75, 3.05) is 18.1 Å². The molecule has 0 N–H and O–H groups in total. The highest BCUT2D eigenvalue weighted by Gasteiger charge is 2.22. The molecule has 2 heterocycles. The standard InChI is InChI=1S/C10H13NO2S2/c1-6-9(7(2)12)15-10(11-6)8-5-14-4-3-13-8/h8H,3-5H2,1-2H3. The molecule has 0 amide bonds. The number of nitrogens with zero attached hydrogens (tertiary/aromatic N) is 1. The summed E-state index contributed by atoms with van der Waals surface area (Å²) >= 11 is 3.35. The van der Waals surface area contributed by atoms with E-state index in [1.807, 2.05) is 18.7 Å². The van der Waals surface area contributed by atoms with Crippen LogP contribution in [0.4, 0.5) is 0 Å². The van der Waals surface area contributed by atoms with Gasteiger partial charge in [-0.05, 0) is 6.92 Å². The molecular formula is C10H13NO2S2. The number of hydrogen-bond acceptors (Lipinski definition) is 5. The maximum absolute atomic E-state index is 11.3. The molecule has 1 aromatic rings. The molecular weight excluding hydrogens is 230 g/mol. The first-order chi connectivity index (χ1) is 7.18. The van der Waals surface area contributed by atoms with Gasteiger partial charge in [0.15, 0.2) is 5.78 Å². The zero-order valence-electron chi connectivity index (χ0n) is 8.78. The summed E-state index contributed by atoms with van der Waals surface area (Å²) in [5.41, 5.74) is 0.835. The topological polar surface area (TPSA) is 39.2 Å². The Morgan fingerprint density at radius 2 is 2.40 bits per heavy atom. The number of hydrogen-bond donors (Lipinski definition) is 0. The van der Waals surface area contributed by atoms with Crippen LogP contribution in [0.15, 0.2) is 0 Å². The van der Waals surface area contributed by atoms with Gasteiger partial charge in [0.1, 0.15) is 11.1 Å². The number of aryl methyl sites for hydroxylation is 1. The number of rotatable bonds is 2. The van der Waals surface area contributed by atoms with E-state index in [1.165, 1.54) is 11.3 Å². The van der Waals surface area contributed by atoms with Crippen molar-refractivity contribution >= 4 is 28.9 Å². The van der Waals surface area contributed by atoms with Crippen LogP contribution in [0.3, 0.4) is 0 Å². The highest BCUT2D eigenvalue weighted by molar-refractivity contribution is 7.99. The molecule has 1 unspecified atom stereocenters. The maximum atomic E-state index is 11.3. The summed E-state index contributed by atoms with van der Waals surface area (Å²) in [6.07, 6.45) is 0.0838. The Bertz CT molecular complexity index is 369. The summed E-state index contributed by atoms with van der Waals surface area (Å²) in [7, 11) is 0.